The Kier molecular flexibility index (Phi) is 4.63. The summed E-state index contributed by atoms with van der Waals surface area (Å²) in [5.41, 5.74) is -0.944. The largest absolute Gasteiger partial charge is 0.491 e. The second-order valence-corrected chi connectivity index (χ2v) is 6.25. The lowest BCUT2D eigenvalue weighted by molar-refractivity contribution is -0.131. The molecule has 1 saturated heterocycles. The second kappa shape index (κ2) is 6.74. The Morgan fingerprint density at radius 2 is 1.88 bits per heavy atom. The van der Waals surface area contributed by atoms with E-state index in [-0.39, 0.29) is 18.7 Å². The molecule has 3 amide bonds. The van der Waals surface area contributed by atoms with Gasteiger partial charge in [-0.15, -0.1) is 0 Å². The molecule has 2 aromatic rings. The van der Waals surface area contributed by atoms with Crippen molar-refractivity contribution >= 4 is 11.9 Å². The average molecular weight is 360 g/mol. The van der Waals surface area contributed by atoms with Crippen LogP contribution in [0.15, 0.2) is 42.5 Å². The molecule has 26 heavy (non-hydrogen) atoms. The average Bonchev–Trinajstić information content (AvgIpc) is 2.82. The van der Waals surface area contributed by atoms with Crippen molar-refractivity contribution in [1.29, 1.82) is 0 Å². The fourth-order valence-electron chi connectivity index (χ4n) is 2.93. The summed E-state index contributed by atoms with van der Waals surface area (Å²) < 4.78 is 33.2. The van der Waals surface area contributed by atoms with E-state index in [2.05, 4.69) is 5.32 Å². The number of rotatable bonds is 5. The van der Waals surface area contributed by atoms with Crippen LogP contribution >= 0.6 is 0 Å². The van der Waals surface area contributed by atoms with E-state index in [0.717, 1.165) is 28.7 Å². The summed E-state index contributed by atoms with van der Waals surface area (Å²) in [7, 11) is 0. The molecule has 1 aliphatic heterocycles. The molecule has 0 unspecified atom stereocenters. The lowest BCUT2D eigenvalue weighted by Gasteiger charge is -2.23. The number of para-hydroxylation sites is 1. The Morgan fingerprint density at radius 1 is 1.15 bits per heavy atom. The molecule has 136 valence electrons. The number of hydrogen-bond acceptors (Lipinski definition) is 3. The third-order valence-electron chi connectivity index (χ3n) is 4.41. The van der Waals surface area contributed by atoms with Gasteiger partial charge < -0.3 is 10.1 Å². The van der Waals surface area contributed by atoms with Crippen LogP contribution in [0.25, 0.3) is 0 Å². The molecule has 1 atom stereocenters. The number of carbonyl (C=O) groups is 2. The van der Waals surface area contributed by atoms with Crippen LogP contribution in [0.3, 0.4) is 0 Å². The minimum Gasteiger partial charge on any atom is -0.491 e. The third kappa shape index (κ3) is 3.12. The maximum absolute atomic E-state index is 14.1. The first kappa shape index (κ1) is 17.8. The smallest absolute Gasteiger partial charge is 0.325 e. The Labute approximate surface area is 149 Å². The Morgan fingerprint density at radius 3 is 2.62 bits per heavy atom. The molecule has 0 radical (unpaired) electrons. The molecule has 0 aliphatic carbocycles. The van der Waals surface area contributed by atoms with Crippen molar-refractivity contribution < 1.29 is 23.1 Å². The molecule has 0 aromatic heterocycles. The summed E-state index contributed by atoms with van der Waals surface area (Å²) in [4.78, 5) is 25.9. The van der Waals surface area contributed by atoms with Gasteiger partial charge in [0.25, 0.3) is 5.91 Å². The number of hydrogen-bond donors (Lipinski definition) is 1. The predicted octanol–water partition coefficient (Wildman–Crippen LogP) is 3.12. The molecule has 5 nitrogen and oxygen atoms in total. The van der Waals surface area contributed by atoms with Gasteiger partial charge >= 0.3 is 6.03 Å². The van der Waals surface area contributed by atoms with E-state index < -0.39 is 29.1 Å². The highest BCUT2D eigenvalue weighted by Crippen LogP contribution is 2.31. The second-order valence-electron chi connectivity index (χ2n) is 6.25. The number of nitrogens with zero attached hydrogens (tertiary/aromatic N) is 1. The fourth-order valence-corrected chi connectivity index (χ4v) is 2.93. The van der Waals surface area contributed by atoms with Gasteiger partial charge in [-0.3, -0.25) is 9.69 Å². The first-order chi connectivity index (χ1) is 12.3. The number of halogens is 2. The highest BCUT2D eigenvalue weighted by molar-refractivity contribution is 6.07. The minimum atomic E-state index is -1.66. The van der Waals surface area contributed by atoms with Crippen LogP contribution in [0.5, 0.6) is 5.75 Å². The van der Waals surface area contributed by atoms with Crippen molar-refractivity contribution in [3.8, 4) is 5.75 Å². The van der Waals surface area contributed by atoms with E-state index in [1.165, 1.54) is 6.92 Å². The van der Waals surface area contributed by atoms with Crippen LogP contribution < -0.4 is 10.1 Å². The van der Waals surface area contributed by atoms with Gasteiger partial charge in [-0.2, -0.15) is 0 Å². The summed E-state index contributed by atoms with van der Waals surface area (Å²) in [6, 6.07) is 9.49. The zero-order valence-electron chi connectivity index (χ0n) is 14.4. The molecule has 2 aromatic carbocycles. The molecule has 1 fully saturated rings. The molecule has 3 rings (SSSR count). The molecular formula is C19H18F2N2O3. The molecule has 1 heterocycles. The number of imide groups is 1. The van der Waals surface area contributed by atoms with E-state index in [4.69, 9.17) is 4.74 Å². The summed E-state index contributed by atoms with van der Waals surface area (Å²) in [6.45, 7) is 3.32. The van der Waals surface area contributed by atoms with Crippen molar-refractivity contribution in [2.45, 2.75) is 19.4 Å². The van der Waals surface area contributed by atoms with E-state index in [0.29, 0.717) is 5.75 Å². The fraction of sp³-hybridized carbons (Fsp3) is 0.263. The van der Waals surface area contributed by atoms with Crippen molar-refractivity contribution in [2.75, 3.05) is 13.2 Å². The number of nitrogens with one attached hydrogen (secondary N) is 1. The normalized spacial score (nSPS) is 19.6. The lowest BCUT2D eigenvalue weighted by Crippen LogP contribution is -2.42. The first-order valence-electron chi connectivity index (χ1n) is 8.11. The van der Waals surface area contributed by atoms with Gasteiger partial charge in [0.15, 0.2) is 0 Å². The quantitative estimate of drug-likeness (QED) is 0.834. The summed E-state index contributed by atoms with van der Waals surface area (Å²) in [5.74, 6) is -1.45. The van der Waals surface area contributed by atoms with Crippen LogP contribution in [0.2, 0.25) is 0 Å². The van der Waals surface area contributed by atoms with Crippen LogP contribution in [0, 0.1) is 18.6 Å². The zero-order chi connectivity index (χ0) is 18.9. The maximum Gasteiger partial charge on any atom is 0.325 e. The zero-order valence-corrected chi connectivity index (χ0v) is 14.4. The minimum absolute atomic E-state index is 0.00841. The number of aryl methyl sites for hydroxylation is 1. The Bertz CT molecular complexity index is 872. The SMILES string of the molecule is Cc1ccccc1OCCN1C(=O)N[C@](C)(c2cc(F)ccc2F)C1=O. The van der Waals surface area contributed by atoms with E-state index in [9.17, 15) is 18.4 Å². The monoisotopic (exact) mass is 360 g/mol. The van der Waals surface area contributed by atoms with Gasteiger partial charge in [-0.25, -0.2) is 13.6 Å². The molecule has 0 spiro atoms. The molecule has 7 heteroatoms. The Balaban J connectivity index is 1.74. The highest BCUT2D eigenvalue weighted by Gasteiger charge is 2.50. The van der Waals surface area contributed by atoms with Crippen molar-refractivity contribution in [1.82, 2.24) is 10.2 Å². The van der Waals surface area contributed by atoms with Crippen molar-refractivity contribution in [3.63, 3.8) is 0 Å². The van der Waals surface area contributed by atoms with Gasteiger partial charge in [0, 0.05) is 5.56 Å². The highest BCUT2D eigenvalue weighted by atomic mass is 19.1. The van der Waals surface area contributed by atoms with Crippen LogP contribution in [-0.2, 0) is 10.3 Å². The van der Waals surface area contributed by atoms with Crippen molar-refractivity contribution in [3.05, 3.63) is 65.2 Å². The predicted molar refractivity (Wildman–Crippen MR) is 90.6 cm³/mol. The topological polar surface area (TPSA) is 58.6 Å². The number of urea groups is 1. The molecule has 0 bridgehead atoms. The summed E-state index contributed by atoms with van der Waals surface area (Å²) >= 11 is 0. The maximum atomic E-state index is 14.1. The van der Waals surface area contributed by atoms with E-state index >= 15 is 0 Å². The van der Waals surface area contributed by atoms with Crippen LogP contribution in [-0.4, -0.2) is 30.0 Å². The first-order valence-corrected chi connectivity index (χ1v) is 8.11. The summed E-state index contributed by atoms with van der Waals surface area (Å²) in [5, 5.41) is 2.45. The Hall–Kier alpha value is -2.96. The third-order valence-corrected chi connectivity index (χ3v) is 4.41. The lowest BCUT2D eigenvalue weighted by atomic mass is 9.91. The van der Waals surface area contributed by atoms with Gasteiger partial charge in [0.2, 0.25) is 0 Å². The molecule has 1 aliphatic rings. The van der Waals surface area contributed by atoms with Gasteiger partial charge in [0.05, 0.1) is 6.54 Å². The standard InChI is InChI=1S/C19H18F2N2O3/c1-12-5-3-4-6-16(12)26-10-9-23-17(24)19(2,22-18(23)25)14-11-13(20)7-8-15(14)21/h3-8,11H,9-10H2,1-2H3,(H,22,25)/t19-/m1/s1. The molecule has 1 N–H and O–H groups in total. The van der Waals surface area contributed by atoms with Crippen LogP contribution in [0.1, 0.15) is 18.1 Å². The number of benzene rings is 2. The van der Waals surface area contributed by atoms with Crippen molar-refractivity contribution in [2.24, 2.45) is 0 Å². The molecular weight excluding hydrogens is 342 g/mol. The van der Waals surface area contributed by atoms with Gasteiger partial charge in [-0.1, -0.05) is 18.2 Å². The molecule has 0 saturated carbocycles. The number of amides is 3. The number of carbonyl (C=O) groups excluding carboxylic acids is 2. The van der Waals surface area contributed by atoms with E-state index in [1.54, 1.807) is 6.07 Å². The van der Waals surface area contributed by atoms with E-state index in [1.807, 2.05) is 25.1 Å². The van der Waals surface area contributed by atoms with Gasteiger partial charge in [0.1, 0.15) is 29.5 Å². The summed E-state index contributed by atoms with van der Waals surface area (Å²) in [6.07, 6.45) is 0. The van der Waals surface area contributed by atoms with Gasteiger partial charge in [-0.05, 0) is 43.7 Å². The number of ether oxygens (including phenoxy) is 1. The van der Waals surface area contributed by atoms with Crippen LogP contribution in [0.4, 0.5) is 13.6 Å².